The molecule has 1 aromatic carbocycles. The van der Waals surface area contributed by atoms with E-state index in [1.165, 1.54) is 0 Å². The molecule has 0 saturated heterocycles. The Hall–Kier alpha value is -2.82. The fourth-order valence-electron chi connectivity index (χ4n) is 3.25. The van der Waals surface area contributed by atoms with Gasteiger partial charge in [0.15, 0.2) is 5.65 Å². The van der Waals surface area contributed by atoms with E-state index in [1.807, 2.05) is 36.4 Å². The average Bonchev–Trinajstić information content (AvgIpc) is 3.34. The number of anilines is 1. The normalized spacial score (nSPS) is 14.4. The number of aromatic nitrogens is 3. The quantitative estimate of drug-likeness (QED) is 0.479. The summed E-state index contributed by atoms with van der Waals surface area (Å²) in [4.78, 5) is 17.5. The maximum absolute atomic E-state index is 12.0. The fraction of sp³-hybridized carbons (Fsp3) is 0.250. The van der Waals surface area contributed by atoms with Crippen molar-refractivity contribution in [2.45, 2.75) is 19.4 Å². The predicted octanol–water partition coefficient (Wildman–Crippen LogP) is 3.01. The van der Waals surface area contributed by atoms with Crippen LogP contribution < -0.4 is 10.0 Å². The zero-order chi connectivity index (χ0) is 20.9. The van der Waals surface area contributed by atoms with Crippen molar-refractivity contribution >= 4 is 48.9 Å². The zero-order valence-corrected chi connectivity index (χ0v) is 17.8. The number of carbonyl (C=O) groups excluding carboxylic acids is 1. The highest BCUT2D eigenvalue weighted by Crippen LogP contribution is 2.34. The highest BCUT2D eigenvalue weighted by atomic mass is 32.2. The number of thiophene rings is 1. The minimum Gasteiger partial charge on any atom is -0.293 e. The van der Waals surface area contributed by atoms with E-state index in [2.05, 4.69) is 26.2 Å². The van der Waals surface area contributed by atoms with E-state index in [0.717, 1.165) is 45.3 Å². The number of benzene rings is 1. The minimum atomic E-state index is -3.24. The maximum Gasteiger partial charge on any atom is 0.249 e. The number of fused-ring (bicyclic) bond motifs is 2. The first-order valence-corrected chi connectivity index (χ1v) is 12.2. The van der Waals surface area contributed by atoms with Crippen LogP contribution in [-0.4, -0.2) is 35.2 Å². The second kappa shape index (κ2) is 7.15. The third-order valence-electron chi connectivity index (χ3n) is 4.91. The molecule has 4 aromatic rings. The smallest absolute Gasteiger partial charge is 0.249 e. The van der Waals surface area contributed by atoms with Gasteiger partial charge in [-0.15, -0.1) is 16.4 Å². The second-order valence-electron chi connectivity index (χ2n) is 7.46. The Kier molecular flexibility index (Phi) is 4.57. The molecule has 30 heavy (non-hydrogen) atoms. The largest absolute Gasteiger partial charge is 0.293 e. The Morgan fingerprint density at radius 1 is 1.23 bits per heavy atom. The first-order chi connectivity index (χ1) is 14.4. The zero-order valence-electron chi connectivity index (χ0n) is 16.1. The van der Waals surface area contributed by atoms with E-state index in [9.17, 15) is 13.2 Å². The molecule has 0 spiro atoms. The Morgan fingerprint density at radius 2 is 2.07 bits per heavy atom. The van der Waals surface area contributed by atoms with E-state index < -0.39 is 10.0 Å². The van der Waals surface area contributed by atoms with E-state index in [4.69, 9.17) is 0 Å². The van der Waals surface area contributed by atoms with Gasteiger partial charge in [0.05, 0.1) is 16.8 Å². The van der Waals surface area contributed by atoms with Gasteiger partial charge in [0, 0.05) is 17.2 Å². The summed E-state index contributed by atoms with van der Waals surface area (Å²) < 4.78 is 28.0. The third-order valence-corrected chi connectivity index (χ3v) is 6.72. The number of carbonyl (C=O) groups is 1. The molecule has 8 nitrogen and oxygen atoms in total. The lowest BCUT2D eigenvalue weighted by atomic mass is 10.1. The summed E-state index contributed by atoms with van der Waals surface area (Å²) in [7, 11) is -3.24. The van der Waals surface area contributed by atoms with Crippen molar-refractivity contribution in [1.29, 1.82) is 0 Å². The van der Waals surface area contributed by atoms with E-state index in [1.54, 1.807) is 15.9 Å². The van der Waals surface area contributed by atoms with Crippen LogP contribution in [0.5, 0.6) is 0 Å². The molecule has 1 aliphatic carbocycles. The molecule has 5 rings (SSSR count). The number of nitrogens with one attached hydrogen (secondary N) is 2. The van der Waals surface area contributed by atoms with Crippen LogP contribution in [0.4, 0.5) is 5.95 Å². The lowest BCUT2D eigenvalue weighted by Crippen LogP contribution is -2.21. The van der Waals surface area contributed by atoms with Gasteiger partial charge in [-0.05, 0) is 54.1 Å². The van der Waals surface area contributed by atoms with Gasteiger partial charge >= 0.3 is 0 Å². The average molecular weight is 442 g/mol. The summed E-state index contributed by atoms with van der Waals surface area (Å²) in [5, 5.41) is 8.31. The molecule has 154 valence electrons. The van der Waals surface area contributed by atoms with Gasteiger partial charge in [-0.25, -0.2) is 17.7 Å². The molecule has 1 fully saturated rings. The molecule has 0 unspecified atom stereocenters. The molecule has 3 aromatic heterocycles. The minimum absolute atomic E-state index is 0.0236. The first kappa shape index (κ1) is 19.2. The van der Waals surface area contributed by atoms with Gasteiger partial charge in [0.2, 0.25) is 21.9 Å². The molecule has 3 heterocycles. The summed E-state index contributed by atoms with van der Waals surface area (Å²) in [6.07, 6.45) is 3.00. The molecule has 10 heteroatoms. The van der Waals surface area contributed by atoms with Crippen molar-refractivity contribution in [2.75, 3.05) is 11.6 Å². The predicted molar refractivity (Wildman–Crippen MR) is 117 cm³/mol. The van der Waals surface area contributed by atoms with E-state index >= 15 is 0 Å². The molecule has 1 aliphatic rings. The van der Waals surface area contributed by atoms with Crippen molar-refractivity contribution in [3.05, 3.63) is 48.0 Å². The molecular formula is C20H19N5O3S2. The monoisotopic (exact) mass is 441 g/mol. The molecule has 1 saturated carbocycles. The highest BCUT2D eigenvalue weighted by Gasteiger charge is 2.30. The fourth-order valence-corrected chi connectivity index (χ4v) is 4.73. The van der Waals surface area contributed by atoms with Crippen LogP contribution in [-0.2, 0) is 21.4 Å². The summed E-state index contributed by atoms with van der Waals surface area (Å²) in [6, 6.07) is 13.7. The van der Waals surface area contributed by atoms with E-state index in [-0.39, 0.29) is 18.4 Å². The lowest BCUT2D eigenvalue weighted by molar-refractivity contribution is -0.117. The molecule has 0 aliphatic heterocycles. The van der Waals surface area contributed by atoms with Crippen LogP contribution in [0, 0.1) is 5.92 Å². The maximum atomic E-state index is 12.0. The van der Waals surface area contributed by atoms with Gasteiger partial charge in [-0.2, -0.15) is 4.98 Å². The topological polar surface area (TPSA) is 105 Å². The summed E-state index contributed by atoms with van der Waals surface area (Å²) in [5.74, 6) is 0.379. The summed E-state index contributed by atoms with van der Waals surface area (Å²) in [5.41, 5.74) is 2.43. The van der Waals surface area contributed by atoms with Crippen molar-refractivity contribution in [1.82, 2.24) is 19.3 Å². The summed E-state index contributed by atoms with van der Waals surface area (Å²) >= 11 is 1.62. The van der Waals surface area contributed by atoms with Crippen LogP contribution >= 0.6 is 11.3 Å². The highest BCUT2D eigenvalue weighted by molar-refractivity contribution is 7.88. The number of sulfonamides is 1. The molecule has 2 N–H and O–H groups in total. The Balaban J connectivity index is 1.48. The molecule has 1 amide bonds. The van der Waals surface area contributed by atoms with Crippen molar-refractivity contribution < 1.29 is 13.2 Å². The van der Waals surface area contributed by atoms with Crippen molar-refractivity contribution in [3.63, 3.8) is 0 Å². The molecular weight excluding hydrogens is 422 g/mol. The standard InChI is InChI=1S/C20H19N5O3S2/c1-30(27,28)21-11-12-5-8-16-14(9-12)10-17(29-16)15-3-2-4-18-22-20(24-25(15)18)23-19(26)13-6-7-13/h2-5,8-10,13,21H,6-7,11H2,1H3,(H,23,24,26). The number of hydrogen-bond acceptors (Lipinski definition) is 6. The molecule has 0 atom stereocenters. The van der Waals surface area contributed by atoms with Crippen molar-refractivity contribution in [3.8, 4) is 10.6 Å². The molecule has 0 bridgehead atoms. The SMILES string of the molecule is CS(=O)(=O)NCc1ccc2sc(-c3cccc4nc(NC(=O)C5CC5)nn34)cc2c1. The van der Waals surface area contributed by atoms with Gasteiger partial charge in [-0.3, -0.25) is 10.1 Å². The second-order valence-corrected chi connectivity index (χ2v) is 10.4. The number of pyridine rings is 1. The van der Waals surface area contributed by atoms with Gasteiger partial charge in [0.1, 0.15) is 0 Å². The molecule has 0 radical (unpaired) electrons. The number of nitrogens with zero attached hydrogens (tertiary/aromatic N) is 3. The Morgan fingerprint density at radius 3 is 2.83 bits per heavy atom. The van der Waals surface area contributed by atoms with Crippen LogP contribution in [0.1, 0.15) is 18.4 Å². The van der Waals surface area contributed by atoms with Gasteiger partial charge < -0.3 is 0 Å². The Bertz CT molecular complexity index is 1390. The van der Waals surface area contributed by atoms with Gasteiger partial charge in [0.25, 0.3) is 0 Å². The lowest BCUT2D eigenvalue weighted by Gasteiger charge is -2.02. The summed E-state index contributed by atoms with van der Waals surface area (Å²) in [6.45, 7) is 0.253. The van der Waals surface area contributed by atoms with Crippen LogP contribution in [0.3, 0.4) is 0 Å². The Labute approximate surface area is 177 Å². The van der Waals surface area contributed by atoms with E-state index in [0.29, 0.717) is 11.6 Å². The number of rotatable bonds is 6. The number of hydrogen-bond donors (Lipinski definition) is 2. The van der Waals surface area contributed by atoms with Crippen LogP contribution in [0.15, 0.2) is 42.5 Å². The van der Waals surface area contributed by atoms with Crippen LogP contribution in [0.2, 0.25) is 0 Å². The van der Waals surface area contributed by atoms with Crippen LogP contribution in [0.25, 0.3) is 26.3 Å². The van der Waals surface area contributed by atoms with Gasteiger partial charge in [-0.1, -0.05) is 12.1 Å². The van der Waals surface area contributed by atoms with Crippen molar-refractivity contribution in [2.24, 2.45) is 5.92 Å². The first-order valence-electron chi connectivity index (χ1n) is 9.50. The number of amides is 1. The third kappa shape index (κ3) is 3.93.